The molecule has 3 saturated heterocycles. The second kappa shape index (κ2) is 6.75. The fraction of sp³-hybridized carbons (Fsp3) is 0.217. The first-order valence-corrected chi connectivity index (χ1v) is 10.7. The molecule has 0 saturated carbocycles. The molecule has 3 fully saturated rings. The number of urea groups is 1. The van der Waals surface area contributed by atoms with Crippen LogP contribution in [0.15, 0.2) is 67.0 Å². The van der Waals surface area contributed by atoms with Crippen LogP contribution in [0, 0.1) is 0 Å². The Labute approximate surface area is 184 Å². The molecule has 2 unspecified atom stereocenters. The van der Waals surface area contributed by atoms with Crippen LogP contribution < -0.4 is 10.2 Å². The van der Waals surface area contributed by atoms with Crippen molar-refractivity contribution in [1.29, 1.82) is 0 Å². The number of pyridine rings is 1. The van der Waals surface area contributed by atoms with Crippen LogP contribution in [-0.4, -0.2) is 56.5 Å². The molecule has 2 aromatic carbocycles. The fourth-order valence-electron chi connectivity index (χ4n) is 5.15. The molecule has 3 atom stereocenters. The number of hydrogen-bond donors (Lipinski definition) is 1. The lowest BCUT2D eigenvalue weighted by atomic mass is 10.1. The SMILES string of the molecule is O=C1[C@@H]2C3CC(CN3C(=S)Nc3cccnc3)N2C(=O)N1c1cccc2ccccc12. The lowest BCUT2D eigenvalue weighted by Gasteiger charge is -2.36. The van der Waals surface area contributed by atoms with Crippen LogP contribution in [0.5, 0.6) is 0 Å². The molecule has 3 aromatic rings. The van der Waals surface area contributed by atoms with Crippen LogP contribution in [0.4, 0.5) is 16.2 Å². The first kappa shape index (κ1) is 18.3. The molecule has 1 aromatic heterocycles. The summed E-state index contributed by atoms with van der Waals surface area (Å²) in [6.07, 6.45) is 4.16. The fourth-order valence-corrected chi connectivity index (χ4v) is 5.48. The van der Waals surface area contributed by atoms with E-state index in [1.54, 1.807) is 17.3 Å². The van der Waals surface area contributed by atoms with E-state index in [0.717, 1.165) is 22.9 Å². The number of benzene rings is 2. The Balaban J connectivity index is 1.31. The van der Waals surface area contributed by atoms with Crippen LogP contribution in [0.25, 0.3) is 10.8 Å². The zero-order valence-corrected chi connectivity index (χ0v) is 17.3. The predicted octanol–water partition coefficient (Wildman–Crippen LogP) is 3.23. The van der Waals surface area contributed by atoms with Crippen molar-refractivity contribution in [2.45, 2.75) is 24.5 Å². The summed E-state index contributed by atoms with van der Waals surface area (Å²) in [5, 5.41) is 5.66. The molecular weight excluding hydrogens is 410 g/mol. The van der Waals surface area contributed by atoms with E-state index < -0.39 is 6.04 Å². The number of anilines is 2. The third-order valence-electron chi connectivity index (χ3n) is 6.45. The highest BCUT2D eigenvalue weighted by Crippen LogP contribution is 2.43. The van der Waals surface area contributed by atoms with E-state index in [9.17, 15) is 9.59 Å². The van der Waals surface area contributed by atoms with E-state index >= 15 is 0 Å². The van der Waals surface area contributed by atoms with Crippen LogP contribution in [-0.2, 0) is 4.79 Å². The highest BCUT2D eigenvalue weighted by molar-refractivity contribution is 7.80. The Hall–Kier alpha value is -3.52. The van der Waals surface area contributed by atoms with Gasteiger partial charge in [0.1, 0.15) is 6.04 Å². The number of nitrogens with one attached hydrogen (secondary N) is 1. The van der Waals surface area contributed by atoms with Gasteiger partial charge in [-0.3, -0.25) is 9.78 Å². The lowest BCUT2D eigenvalue weighted by molar-refractivity contribution is -0.120. The number of amides is 3. The third-order valence-corrected chi connectivity index (χ3v) is 6.78. The number of nitrogens with zero attached hydrogens (tertiary/aromatic N) is 4. The van der Waals surface area contributed by atoms with Crippen molar-refractivity contribution in [3.63, 3.8) is 0 Å². The minimum Gasteiger partial charge on any atom is -0.341 e. The van der Waals surface area contributed by atoms with E-state index in [1.165, 1.54) is 4.90 Å². The zero-order chi connectivity index (χ0) is 21.1. The van der Waals surface area contributed by atoms with E-state index in [2.05, 4.69) is 10.3 Å². The molecule has 0 spiro atoms. The summed E-state index contributed by atoms with van der Waals surface area (Å²) in [7, 11) is 0. The number of aromatic nitrogens is 1. The highest BCUT2D eigenvalue weighted by atomic mass is 32.1. The Morgan fingerprint density at radius 1 is 1.06 bits per heavy atom. The smallest absolute Gasteiger partial charge is 0.332 e. The van der Waals surface area contributed by atoms with Gasteiger partial charge in [0.25, 0.3) is 5.91 Å². The number of hydrogen-bond acceptors (Lipinski definition) is 4. The summed E-state index contributed by atoms with van der Waals surface area (Å²) in [4.78, 5) is 36.1. The Morgan fingerprint density at radius 2 is 1.90 bits per heavy atom. The summed E-state index contributed by atoms with van der Waals surface area (Å²) in [6, 6.07) is 16.3. The molecule has 3 amide bonds. The summed E-state index contributed by atoms with van der Waals surface area (Å²) >= 11 is 5.63. The first-order chi connectivity index (χ1) is 15.1. The Morgan fingerprint density at radius 3 is 2.74 bits per heavy atom. The number of carbonyl (C=O) groups is 2. The minimum atomic E-state index is -0.515. The normalized spacial score (nSPS) is 24.3. The molecular formula is C23H19N5O2S. The monoisotopic (exact) mass is 429 g/mol. The number of thiocarbonyl (C=S) groups is 1. The maximum absolute atomic E-state index is 13.5. The molecule has 154 valence electrons. The average Bonchev–Trinajstić information content (AvgIpc) is 3.46. The summed E-state index contributed by atoms with van der Waals surface area (Å²) < 4.78 is 0. The van der Waals surface area contributed by atoms with E-state index in [0.29, 0.717) is 17.3 Å². The van der Waals surface area contributed by atoms with Gasteiger partial charge >= 0.3 is 6.03 Å². The first-order valence-electron chi connectivity index (χ1n) is 10.2. The molecule has 0 radical (unpaired) electrons. The maximum Gasteiger partial charge on any atom is 0.332 e. The largest absolute Gasteiger partial charge is 0.341 e. The van der Waals surface area contributed by atoms with E-state index in [-0.39, 0.29) is 24.0 Å². The number of fused-ring (bicyclic) bond motifs is 6. The Kier molecular flexibility index (Phi) is 3.97. The average molecular weight is 430 g/mol. The van der Waals surface area contributed by atoms with Crippen LogP contribution in [0.2, 0.25) is 0 Å². The number of piperazine rings is 1. The molecule has 3 aliphatic rings. The Bertz CT molecular complexity index is 1230. The molecule has 2 bridgehead atoms. The van der Waals surface area contributed by atoms with Crippen molar-refractivity contribution in [1.82, 2.24) is 14.8 Å². The van der Waals surface area contributed by atoms with Crippen molar-refractivity contribution in [2.75, 3.05) is 16.8 Å². The van der Waals surface area contributed by atoms with Gasteiger partial charge in [0.2, 0.25) is 0 Å². The van der Waals surface area contributed by atoms with Gasteiger partial charge in [-0.25, -0.2) is 9.69 Å². The summed E-state index contributed by atoms with van der Waals surface area (Å²) in [5.41, 5.74) is 1.45. The van der Waals surface area contributed by atoms with Gasteiger partial charge in [0.05, 0.1) is 29.7 Å². The number of rotatable bonds is 2. The summed E-state index contributed by atoms with van der Waals surface area (Å²) in [5.74, 6) is -0.178. The second-order valence-electron chi connectivity index (χ2n) is 8.09. The van der Waals surface area contributed by atoms with Gasteiger partial charge < -0.3 is 15.1 Å². The van der Waals surface area contributed by atoms with Crippen LogP contribution in [0.1, 0.15) is 6.42 Å². The number of imide groups is 1. The molecule has 3 aliphatic heterocycles. The second-order valence-corrected chi connectivity index (χ2v) is 8.47. The third kappa shape index (κ3) is 2.64. The van der Waals surface area contributed by atoms with Gasteiger partial charge in [-0.15, -0.1) is 0 Å². The number of likely N-dealkylation sites (tertiary alicyclic amines) is 1. The maximum atomic E-state index is 13.5. The van der Waals surface area contributed by atoms with Gasteiger partial charge in [-0.2, -0.15) is 0 Å². The van der Waals surface area contributed by atoms with Gasteiger partial charge in [-0.05, 0) is 42.2 Å². The minimum absolute atomic E-state index is 0.0277. The molecule has 8 heteroatoms. The van der Waals surface area contributed by atoms with Crippen LogP contribution >= 0.6 is 12.2 Å². The van der Waals surface area contributed by atoms with Crippen molar-refractivity contribution in [3.05, 3.63) is 67.0 Å². The topological polar surface area (TPSA) is 68.8 Å². The van der Waals surface area contributed by atoms with Gasteiger partial charge in [0.15, 0.2) is 5.11 Å². The lowest BCUT2D eigenvalue weighted by Crippen LogP contribution is -2.55. The highest BCUT2D eigenvalue weighted by Gasteiger charge is 2.62. The molecule has 7 nitrogen and oxygen atoms in total. The standard InChI is InChI=1S/C23H19N5O2S/c29-21-20-19-11-16(13-26(19)22(31)25-15-7-4-10-24-12-15)27(20)23(30)28(21)18-9-3-6-14-5-1-2-8-17(14)18/h1-10,12,16,19-20H,11,13H2,(H,25,31)/t16?,19?,20-/m0/s1. The number of carbonyl (C=O) groups excluding carboxylic acids is 2. The van der Waals surface area contributed by atoms with Crippen molar-refractivity contribution < 1.29 is 9.59 Å². The van der Waals surface area contributed by atoms with Crippen molar-refractivity contribution >= 4 is 51.4 Å². The van der Waals surface area contributed by atoms with Crippen molar-refractivity contribution in [3.8, 4) is 0 Å². The van der Waals surface area contributed by atoms with E-state index in [4.69, 9.17) is 12.2 Å². The van der Waals surface area contributed by atoms with Crippen molar-refractivity contribution in [2.24, 2.45) is 0 Å². The summed E-state index contributed by atoms with van der Waals surface area (Å²) in [6.45, 7) is 0.621. The quantitative estimate of drug-likeness (QED) is 0.498. The van der Waals surface area contributed by atoms with Gasteiger partial charge in [-0.1, -0.05) is 36.4 Å². The zero-order valence-electron chi connectivity index (χ0n) is 16.5. The predicted molar refractivity (Wildman–Crippen MR) is 122 cm³/mol. The molecule has 0 aliphatic carbocycles. The molecule has 6 rings (SSSR count). The van der Waals surface area contributed by atoms with Crippen LogP contribution in [0.3, 0.4) is 0 Å². The van der Waals surface area contributed by atoms with Gasteiger partial charge in [0, 0.05) is 18.1 Å². The molecule has 31 heavy (non-hydrogen) atoms. The van der Waals surface area contributed by atoms with E-state index in [1.807, 2.05) is 59.5 Å². The molecule has 4 heterocycles. The molecule has 1 N–H and O–H groups in total.